The van der Waals surface area contributed by atoms with Crippen LogP contribution in [0.25, 0.3) is 0 Å². The summed E-state index contributed by atoms with van der Waals surface area (Å²) in [6, 6.07) is 20.0. The van der Waals surface area contributed by atoms with Gasteiger partial charge in [-0.2, -0.15) is 0 Å². The number of aromatic nitrogens is 1. The maximum Gasteiger partial charge on any atom is 0.267 e. The van der Waals surface area contributed by atoms with Crippen molar-refractivity contribution in [2.75, 3.05) is 51.3 Å². The lowest BCUT2D eigenvalue weighted by molar-refractivity contribution is 0.0943. The van der Waals surface area contributed by atoms with Crippen molar-refractivity contribution in [3.8, 4) is 11.5 Å². The van der Waals surface area contributed by atoms with Gasteiger partial charge in [0.1, 0.15) is 23.8 Å². The summed E-state index contributed by atoms with van der Waals surface area (Å²) < 4.78 is 13.3. The average Bonchev–Trinajstić information content (AvgIpc) is 3.32. The van der Waals surface area contributed by atoms with Crippen LogP contribution < -0.4 is 19.7 Å². The topological polar surface area (TPSA) is 59.0 Å². The van der Waals surface area contributed by atoms with Gasteiger partial charge in [0.05, 0.1) is 12.8 Å². The number of hydrogen-bond acceptors (Lipinski definition) is 5. The van der Waals surface area contributed by atoms with Crippen LogP contribution in [0.15, 0.2) is 66.9 Å². The van der Waals surface area contributed by atoms with Gasteiger partial charge in [-0.25, -0.2) is 0 Å². The number of ether oxygens (including phenoxy) is 2. The minimum atomic E-state index is -0.0112. The fourth-order valence-electron chi connectivity index (χ4n) is 4.27. The third kappa shape index (κ3) is 7.82. The molecule has 0 spiro atoms. The van der Waals surface area contributed by atoms with Crippen molar-refractivity contribution in [3.05, 3.63) is 78.1 Å². The molecule has 1 saturated heterocycles. The zero-order chi connectivity index (χ0) is 23.8. The molecule has 0 saturated carbocycles. The molecule has 2 heterocycles. The van der Waals surface area contributed by atoms with Crippen LogP contribution in [0.3, 0.4) is 0 Å². The van der Waals surface area contributed by atoms with Gasteiger partial charge in [-0.1, -0.05) is 24.3 Å². The van der Waals surface area contributed by atoms with Crippen LogP contribution in [-0.2, 0) is 13.7 Å². The Morgan fingerprint density at radius 1 is 0.972 bits per heavy atom. The first-order chi connectivity index (χ1) is 16.6. The molecule has 2 aromatic carbocycles. The van der Waals surface area contributed by atoms with Gasteiger partial charge >= 0.3 is 0 Å². The monoisotopic (exact) mass is 534 g/mol. The minimum Gasteiger partial charge on any atom is -0.497 e. The Labute approximate surface area is 226 Å². The summed E-state index contributed by atoms with van der Waals surface area (Å²) in [4.78, 5) is 17.1. The van der Waals surface area contributed by atoms with Crippen LogP contribution in [0.4, 0.5) is 5.69 Å². The normalized spacial score (nSPS) is 13.3. The number of benzene rings is 2. The molecule has 0 bridgehead atoms. The minimum absolute atomic E-state index is 0. The number of halogens is 2. The average molecular weight is 536 g/mol. The highest BCUT2D eigenvalue weighted by atomic mass is 35.5. The van der Waals surface area contributed by atoms with E-state index in [1.807, 2.05) is 66.3 Å². The summed E-state index contributed by atoms with van der Waals surface area (Å²) in [5, 5.41) is 3.02. The van der Waals surface area contributed by atoms with E-state index >= 15 is 0 Å². The Hall–Kier alpha value is -2.87. The molecule has 1 aliphatic heterocycles. The standard InChI is InChI=1S/C27H34N4O3.2ClH/c1-29-14-6-11-25(29)27(32)28-13-7-15-30-16-18-31(19-17-30)24-10-3-4-12-26(24)34-21-22-8-5-9-23(20-22)33-2;;/h3-6,8-12,14,20H,7,13,15-19,21H2,1-2H3,(H,28,32);2*1H. The third-order valence-electron chi connectivity index (χ3n) is 6.22. The van der Waals surface area contributed by atoms with Crippen LogP contribution in [0, 0.1) is 0 Å². The fraction of sp³-hybridized carbons (Fsp3) is 0.370. The Morgan fingerprint density at radius 3 is 2.47 bits per heavy atom. The molecule has 1 amide bonds. The maximum atomic E-state index is 12.2. The number of methoxy groups -OCH3 is 1. The molecular formula is C27H36Cl2N4O3. The molecule has 0 aliphatic carbocycles. The third-order valence-corrected chi connectivity index (χ3v) is 6.22. The lowest BCUT2D eigenvalue weighted by atomic mass is 10.2. The summed E-state index contributed by atoms with van der Waals surface area (Å²) in [7, 11) is 3.56. The van der Waals surface area contributed by atoms with Crippen molar-refractivity contribution >= 4 is 36.4 Å². The number of anilines is 1. The second-order valence-corrected chi connectivity index (χ2v) is 8.55. The highest BCUT2D eigenvalue weighted by Gasteiger charge is 2.19. The highest BCUT2D eigenvalue weighted by molar-refractivity contribution is 5.92. The molecule has 0 atom stereocenters. The number of piperazine rings is 1. The fourth-order valence-corrected chi connectivity index (χ4v) is 4.27. The largest absolute Gasteiger partial charge is 0.497 e. The first-order valence-corrected chi connectivity index (χ1v) is 11.9. The molecular weight excluding hydrogens is 499 g/mol. The summed E-state index contributed by atoms with van der Waals surface area (Å²) >= 11 is 0. The SMILES string of the molecule is COc1cccc(COc2ccccc2N2CCN(CCCNC(=O)c3cccn3C)CC2)c1.Cl.Cl. The number of carbonyl (C=O) groups is 1. The zero-order valence-corrected chi connectivity index (χ0v) is 22.5. The van der Waals surface area contributed by atoms with Gasteiger partial charge in [-0.3, -0.25) is 9.69 Å². The van der Waals surface area contributed by atoms with E-state index in [1.54, 1.807) is 7.11 Å². The first-order valence-electron chi connectivity index (χ1n) is 11.9. The van der Waals surface area contributed by atoms with Crippen LogP contribution >= 0.6 is 24.8 Å². The van der Waals surface area contributed by atoms with Crippen molar-refractivity contribution in [2.24, 2.45) is 7.05 Å². The summed E-state index contributed by atoms with van der Waals surface area (Å²) in [5.41, 5.74) is 2.92. The Balaban J connectivity index is 0.00000228. The van der Waals surface area contributed by atoms with E-state index in [0.29, 0.717) is 18.8 Å². The molecule has 36 heavy (non-hydrogen) atoms. The maximum absolute atomic E-state index is 12.2. The van der Waals surface area contributed by atoms with Gasteiger partial charge in [0.25, 0.3) is 5.91 Å². The predicted molar refractivity (Wildman–Crippen MR) is 149 cm³/mol. The number of para-hydroxylation sites is 2. The number of rotatable bonds is 10. The van der Waals surface area contributed by atoms with E-state index in [9.17, 15) is 4.79 Å². The molecule has 1 fully saturated rings. The summed E-state index contributed by atoms with van der Waals surface area (Å²) in [6.45, 7) is 6.07. The number of amides is 1. The van der Waals surface area contributed by atoms with Crippen LogP contribution in [0.2, 0.25) is 0 Å². The van der Waals surface area contributed by atoms with Crippen molar-refractivity contribution in [1.82, 2.24) is 14.8 Å². The molecule has 9 heteroatoms. The smallest absolute Gasteiger partial charge is 0.267 e. The molecule has 196 valence electrons. The van der Waals surface area contributed by atoms with Crippen molar-refractivity contribution in [2.45, 2.75) is 13.0 Å². The van der Waals surface area contributed by atoms with Gasteiger partial charge in [0.2, 0.25) is 0 Å². The molecule has 7 nitrogen and oxygen atoms in total. The molecule has 0 unspecified atom stereocenters. The number of aryl methyl sites for hydroxylation is 1. The van der Waals surface area contributed by atoms with E-state index in [4.69, 9.17) is 9.47 Å². The Morgan fingerprint density at radius 2 is 1.75 bits per heavy atom. The van der Waals surface area contributed by atoms with Crippen molar-refractivity contribution < 1.29 is 14.3 Å². The predicted octanol–water partition coefficient (Wildman–Crippen LogP) is 4.40. The molecule has 0 radical (unpaired) electrons. The van der Waals surface area contributed by atoms with E-state index in [2.05, 4.69) is 27.2 Å². The molecule has 4 rings (SSSR count). The van der Waals surface area contributed by atoms with Gasteiger partial charge in [-0.15, -0.1) is 24.8 Å². The van der Waals surface area contributed by atoms with E-state index in [0.717, 1.165) is 61.9 Å². The zero-order valence-electron chi connectivity index (χ0n) is 20.9. The Kier molecular flexibility index (Phi) is 11.9. The number of nitrogens with zero attached hydrogens (tertiary/aromatic N) is 3. The van der Waals surface area contributed by atoms with E-state index in [1.165, 1.54) is 0 Å². The van der Waals surface area contributed by atoms with Crippen molar-refractivity contribution in [1.29, 1.82) is 0 Å². The van der Waals surface area contributed by atoms with Crippen LogP contribution in [0.1, 0.15) is 22.5 Å². The molecule has 1 aliphatic rings. The molecule has 1 aromatic heterocycles. The van der Waals surface area contributed by atoms with Crippen LogP contribution in [-0.4, -0.2) is 61.8 Å². The van der Waals surface area contributed by atoms with Gasteiger partial charge in [0.15, 0.2) is 0 Å². The summed E-state index contributed by atoms with van der Waals surface area (Å²) in [5.74, 6) is 1.73. The lowest BCUT2D eigenvalue weighted by Gasteiger charge is -2.36. The van der Waals surface area contributed by atoms with Gasteiger partial charge < -0.3 is 24.3 Å². The second-order valence-electron chi connectivity index (χ2n) is 8.55. The summed E-state index contributed by atoms with van der Waals surface area (Å²) in [6.07, 6.45) is 2.83. The first kappa shape index (κ1) is 29.4. The van der Waals surface area contributed by atoms with Crippen LogP contribution in [0.5, 0.6) is 11.5 Å². The molecule has 1 N–H and O–H groups in total. The van der Waals surface area contributed by atoms with E-state index in [-0.39, 0.29) is 30.7 Å². The highest BCUT2D eigenvalue weighted by Crippen LogP contribution is 2.30. The van der Waals surface area contributed by atoms with Gasteiger partial charge in [-0.05, 0) is 54.9 Å². The number of nitrogens with one attached hydrogen (secondary N) is 1. The quantitative estimate of drug-likeness (QED) is 0.390. The lowest BCUT2D eigenvalue weighted by Crippen LogP contribution is -2.47. The van der Waals surface area contributed by atoms with Gasteiger partial charge in [0, 0.05) is 46.0 Å². The number of carbonyl (C=O) groups excluding carboxylic acids is 1. The van der Waals surface area contributed by atoms with E-state index < -0.39 is 0 Å². The van der Waals surface area contributed by atoms with Crippen molar-refractivity contribution in [3.63, 3.8) is 0 Å². The Bertz CT molecular complexity index is 1080. The molecule has 3 aromatic rings. The second kappa shape index (κ2) is 14.6. The number of hydrogen-bond donors (Lipinski definition) is 1.